The predicted octanol–water partition coefficient (Wildman–Crippen LogP) is -0.564. The zero-order chi connectivity index (χ0) is 12.0. The summed E-state index contributed by atoms with van der Waals surface area (Å²) < 4.78 is 9.94. The number of rotatable bonds is 6. The highest BCUT2D eigenvalue weighted by Crippen LogP contribution is 2.11. The zero-order valence-corrected chi connectivity index (χ0v) is 8.88. The molecule has 1 rings (SSSR count). The Morgan fingerprint density at radius 1 is 1.38 bits per heavy atom. The van der Waals surface area contributed by atoms with Crippen molar-refractivity contribution in [2.24, 2.45) is 0 Å². The molecule has 1 atom stereocenters. The van der Waals surface area contributed by atoms with E-state index in [9.17, 15) is 15.0 Å². The Kier molecular flexibility index (Phi) is 4.75. The lowest BCUT2D eigenvalue weighted by molar-refractivity contribution is -0.255. The Labute approximate surface area is 93.2 Å². The lowest BCUT2D eigenvalue weighted by Crippen LogP contribution is -2.23. The third-order valence-electron chi connectivity index (χ3n) is 1.89. The molecule has 0 radical (unpaired) electrons. The number of aliphatic hydroxyl groups is 1. The third kappa shape index (κ3) is 3.88. The van der Waals surface area contributed by atoms with Crippen LogP contribution in [0.5, 0.6) is 5.75 Å². The Bertz CT molecular complexity index is 333. The van der Waals surface area contributed by atoms with E-state index in [2.05, 4.69) is 0 Å². The van der Waals surface area contributed by atoms with E-state index in [0.29, 0.717) is 5.75 Å². The monoisotopic (exact) mass is 225 g/mol. The van der Waals surface area contributed by atoms with Gasteiger partial charge >= 0.3 is 0 Å². The SMILES string of the molecule is COC[C@@H](O)COc1ccc(C(=O)[O-])cc1. The van der Waals surface area contributed by atoms with Gasteiger partial charge in [-0.15, -0.1) is 0 Å². The summed E-state index contributed by atoms with van der Waals surface area (Å²) in [6.07, 6.45) is -0.703. The number of aromatic carboxylic acids is 1. The lowest BCUT2D eigenvalue weighted by Gasteiger charge is -2.11. The summed E-state index contributed by atoms with van der Waals surface area (Å²) in [5.41, 5.74) is 0.0878. The van der Waals surface area contributed by atoms with Gasteiger partial charge in [0, 0.05) is 7.11 Å². The van der Waals surface area contributed by atoms with Gasteiger partial charge in [-0.2, -0.15) is 0 Å². The normalized spacial score (nSPS) is 12.1. The minimum atomic E-state index is -1.23. The van der Waals surface area contributed by atoms with Gasteiger partial charge in [0.25, 0.3) is 0 Å². The van der Waals surface area contributed by atoms with E-state index >= 15 is 0 Å². The van der Waals surface area contributed by atoms with Crippen LogP contribution in [0.15, 0.2) is 24.3 Å². The minimum absolute atomic E-state index is 0.0878. The van der Waals surface area contributed by atoms with Crippen LogP contribution in [-0.2, 0) is 4.74 Å². The van der Waals surface area contributed by atoms with Crippen LogP contribution in [0.4, 0.5) is 0 Å². The molecule has 16 heavy (non-hydrogen) atoms. The van der Waals surface area contributed by atoms with E-state index in [1.165, 1.54) is 31.4 Å². The summed E-state index contributed by atoms with van der Waals surface area (Å²) in [6.45, 7) is 0.287. The maximum absolute atomic E-state index is 10.5. The molecule has 0 aliphatic rings. The lowest BCUT2D eigenvalue weighted by atomic mass is 10.2. The average Bonchev–Trinajstić information content (AvgIpc) is 2.27. The molecule has 0 saturated carbocycles. The fourth-order valence-electron chi connectivity index (χ4n) is 1.12. The fourth-order valence-corrected chi connectivity index (χ4v) is 1.12. The Balaban J connectivity index is 2.46. The van der Waals surface area contributed by atoms with Gasteiger partial charge in [-0.05, 0) is 29.8 Å². The fraction of sp³-hybridized carbons (Fsp3) is 0.364. The van der Waals surface area contributed by atoms with E-state index in [1.807, 2.05) is 0 Å². The zero-order valence-electron chi connectivity index (χ0n) is 8.88. The van der Waals surface area contributed by atoms with Crippen molar-refractivity contribution in [1.82, 2.24) is 0 Å². The van der Waals surface area contributed by atoms with E-state index in [1.54, 1.807) is 0 Å². The first kappa shape index (κ1) is 12.5. The van der Waals surface area contributed by atoms with Gasteiger partial charge in [-0.1, -0.05) is 0 Å². The molecule has 0 aliphatic heterocycles. The van der Waals surface area contributed by atoms with Crippen molar-refractivity contribution in [3.8, 4) is 5.75 Å². The highest BCUT2D eigenvalue weighted by atomic mass is 16.5. The molecule has 1 aromatic carbocycles. The second kappa shape index (κ2) is 6.09. The molecule has 0 amide bonds. The van der Waals surface area contributed by atoms with Crippen LogP contribution in [0.1, 0.15) is 10.4 Å². The van der Waals surface area contributed by atoms with Crippen LogP contribution >= 0.6 is 0 Å². The average molecular weight is 225 g/mol. The van der Waals surface area contributed by atoms with Gasteiger partial charge in [-0.25, -0.2) is 0 Å². The van der Waals surface area contributed by atoms with Gasteiger partial charge < -0.3 is 24.5 Å². The molecular formula is C11H13O5-. The Morgan fingerprint density at radius 2 is 2.00 bits per heavy atom. The molecule has 0 aromatic heterocycles. The molecule has 0 bridgehead atoms. The highest BCUT2D eigenvalue weighted by molar-refractivity contribution is 5.85. The molecule has 0 fully saturated rings. The molecule has 88 valence electrons. The van der Waals surface area contributed by atoms with Crippen LogP contribution in [-0.4, -0.2) is 37.5 Å². The molecule has 0 heterocycles. The number of aliphatic hydroxyl groups excluding tert-OH is 1. The van der Waals surface area contributed by atoms with Crippen molar-refractivity contribution < 1.29 is 24.5 Å². The van der Waals surface area contributed by atoms with E-state index in [0.717, 1.165) is 0 Å². The number of methoxy groups -OCH3 is 1. The second-order valence-corrected chi connectivity index (χ2v) is 3.23. The largest absolute Gasteiger partial charge is 0.545 e. The van der Waals surface area contributed by atoms with Gasteiger partial charge in [0.15, 0.2) is 0 Å². The van der Waals surface area contributed by atoms with Crippen molar-refractivity contribution in [2.45, 2.75) is 6.10 Å². The molecule has 0 aliphatic carbocycles. The maximum atomic E-state index is 10.5. The molecule has 5 heteroatoms. The van der Waals surface area contributed by atoms with Crippen LogP contribution in [0.25, 0.3) is 0 Å². The second-order valence-electron chi connectivity index (χ2n) is 3.23. The summed E-state index contributed by atoms with van der Waals surface area (Å²) in [5, 5.41) is 19.8. The number of ether oxygens (including phenoxy) is 2. The van der Waals surface area contributed by atoms with E-state index < -0.39 is 12.1 Å². The Morgan fingerprint density at radius 3 is 2.50 bits per heavy atom. The molecule has 0 spiro atoms. The summed E-state index contributed by atoms with van der Waals surface area (Å²) in [6, 6.07) is 5.77. The first-order chi connectivity index (χ1) is 7.63. The van der Waals surface area contributed by atoms with Gasteiger partial charge in [-0.3, -0.25) is 0 Å². The standard InChI is InChI=1S/C11H14O5/c1-15-6-9(12)7-16-10-4-2-8(3-5-10)11(13)14/h2-5,9,12H,6-7H2,1H3,(H,13,14)/p-1/t9-/m1/s1. The smallest absolute Gasteiger partial charge is 0.119 e. The van der Waals surface area contributed by atoms with Crippen molar-refractivity contribution in [2.75, 3.05) is 20.3 Å². The number of benzene rings is 1. The summed E-state index contributed by atoms with van der Waals surface area (Å²) in [5.74, 6) is -0.744. The van der Waals surface area contributed by atoms with Crippen LogP contribution < -0.4 is 9.84 Å². The predicted molar refractivity (Wildman–Crippen MR) is 54.2 cm³/mol. The Hall–Kier alpha value is -1.59. The number of carboxylic acid groups (broad SMARTS) is 1. The third-order valence-corrected chi connectivity index (χ3v) is 1.89. The first-order valence-electron chi connectivity index (χ1n) is 4.74. The van der Waals surface area contributed by atoms with Crippen molar-refractivity contribution in [3.63, 3.8) is 0 Å². The van der Waals surface area contributed by atoms with Gasteiger partial charge in [0.1, 0.15) is 18.5 Å². The maximum Gasteiger partial charge on any atom is 0.119 e. The molecule has 1 N–H and O–H groups in total. The molecular weight excluding hydrogens is 212 g/mol. The highest BCUT2D eigenvalue weighted by Gasteiger charge is 2.04. The number of carbonyl (C=O) groups excluding carboxylic acids is 1. The van der Waals surface area contributed by atoms with Crippen molar-refractivity contribution >= 4 is 5.97 Å². The molecule has 0 saturated heterocycles. The molecule has 5 nitrogen and oxygen atoms in total. The topological polar surface area (TPSA) is 78.8 Å². The van der Waals surface area contributed by atoms with Crippen molar-refractivity contribution in [1.29, 1.82) is 0 Å². The number of carbonyl (C=O) groups is 1. The number of hydrogen-bond acceptors (Lipinski definition) is 5. The van der Waals surface area contributed by atoms with Crippen molar-refractivity contribution in [3.05, 3.63) is 29.8 Å². The summed E-state index contributed by atoms with van der Waals surface area (Å²) in [4.78, 5) is 10.5. The van der Waals surface area contributed by atoms with E-state index in [-0.39, 0.29) is 18.8 Å². The molecule has 1 aromatic rings. The molecule has 0 unspecified atom stereocenters. The number of hydrogen-bond donors (Lipinski definition) is 1. The summed E-state index contributed by atoms with van der Waals surface area (Å²) in [7, 11) is 1.48. The van der Waals surface area contributed by atoms with Crippen LogP contribution in [0.3, 0.4) is 0 Å². The van der Waals surface area contributed by atoms with Crippen LogP contribution in [0.2, 0.25) is 0 Å². The van der Waals surface area contributed by atoms with Crippen LogP contribution in [0, 0.1) is 0 Å². The first-order valence-corrected chi connectivity index (χ1v) is 4.74. The van der Waals surface area contributed by atoms with E-state index in [4.69, 9.17) is 9.47 Å². The number of carboxylic acids is 1. The van der Waals surface area contributed by atoms with Gasteiger partial charge in [0.05, 0.1) is 12.6 Å². The quantitative estimate of drug-likeness (QED) is 0.701. The van der Waals surface area contributed by atoms with Gasteiger partial charge in [0.2, 0.25) is 0 Å². The summed E-state index contributed by atoms with van der Waals surface area (Å²) >= 11 is 0. The minimum Gasteiger partial charge on any atom is -0.545 e.